The molecule has 1 aliphatic heterocycles. The van der Waals surface area contributed by atoms with Gasteiger partial charge in [0.2, 0.25) is 0 Å². The molecule has 0 amide bonds. The monoisotopic (exact) mass is 370 g/mol. The van der Waals surface area contributed by atoms with Crippen molar-refractivity contribution in [2.75, 3.05) is 50.5 Å². The molecule has 1 fully saturated rings. The van der Waals surface area contributed by atoms with Crippen LogP contribution < -0.4 is 9.64 Å². The third-order valence-electron chi connectivity index (χ3n) is 4.73. The Morgan fingerprint density at radius 2 is 1.77 bits per heavy atom. The van der Waals surface area contributed by atoms with Crippen LogP contribution in [0.2, 0.25) is 0 Å². The van der Waals surface area contributed by atoms with Crippen molar-refractivity contribution in [3.8, 4) is 5.75 Å². The van der Waals surface area contributed by atoms with Gasteiger partial charge in [-0.1, -0.05) is 12.1 Å². The van der Waals surface area contributed by atoms with Crippen molar-refractivity contribution in [3.05, 3.63) is 54.1 Å². The summed E-state index contributed by atoms with van der Waals surface area (Å²) in [4.78, 5) is 17.2. The number of benzene rings is 2. The van der Waals surface area contributed by atoms with Gasteiger partial charge in [-0.15, -0.1) is 11.8 Å². The fourth-order valence-electron chi connectivity index (χ4n) is 3.20. The van der Waals surface area contributed by atoms with Crippen LogP contribution in [0.15, 0.2) is 53.4 Å². The van der Waals surface area contributed by atoms with Gasteiger partial charge in [0.25, 0.3) is 0 Å². The third kappa shape index (κ3) is 5.02. The molecule has 0 bridgehead atoms. The fourth-order valence-corrected chi connectivity index (χ4v) is 3.61. The first-order valence-corrected chi connectivity index (χ1v) is 10.3. The molecule has 3 rings (SSSR count). The van der Waals surface area contributed by atoms with Gasteiger partial charge in [0, 0.05) is 43.3 Å². The third-order valence-corrected chi connectivity index (χ3v) is 5.48. The Morgan fingerprint density at radius 1 is 1.04 bits per heavy atom. The first-order valence-electron chi connectivity index (χ1n) is 9.08. The number of anilines is 1. The Morgan fingerprint density at radius 3 is 2.46 bits per heavy atom. The molecule has 0 aromatic heterocycles. The van der Waals surface area contributed by atoms with Gasteiger partial charge in [0.15, 0.2) is 6.29 Å². The van der Waals surface area contributed by atoms with Crippen LogP contribution >= 0.6 is 11.8 Å². The lowest BCUT2D eigenvalue weighted by Gasteiger charge is -2.36. The zero-order valence-electron chi connectivity index (χ0n) is 15.3. The van der Waals surface area contributed by atoms with Gasteiger partial charge in [0.05, 0.1) is 12.2 Å². The molecule has 26 heavy (non-hydrogen) atoms. The summed E-state index contributed by atoms with van der Waals surface area (Å²) < 4.78 is 5.76. The van der Waals surface area contributed by atoms with Gasteiger partial charge in [-0.25, -0.2) is 0 Å². The number of thioether (sulfide) groups is 1. The van der Waals surface area contributed by atoms with Crippen LogP contribution in [0.3, 0.4) is 0 Å². The molecule has 138 valence electrons. The standard InChI is InChI=1S/C21H26N2O2S/c1-26-20-9-7-19(8-10-20)23-14-12-22(13-15-23)11-4-16-25-21-6-3-2-5-18(21)17-24/h2-3,5-10,17H,4,11-16H2,1H3. The van der Waals surface area contributed by atoms with Crippen LogP contribution in [-0.4, -0.2) is 56.8 Å². The highest BCUT2D eigenvalue weighted by Crippen LogP contribution is 2.21. The lowest BCUT2D eigenvalue weighted by Crippen LogP contribution is -2.46. The van der Waals surface area contributed by atoms with E-state index in [1.807, 2.05) is 18.2 Å². The second kappa shape index (κ2) is 9.64. The first-order chi connectivity index (χ1) is 12.8. The summed E-state index contributed by atoms with van der Waals surface area (Å²) in [6, 6.07) is 16.2. The largest absolute Gasteiger partial charge is 0.493 e. The molecular formula is C21H26N2O2S. The molecule has 5 heteroatoms. The topological polar surface area (TPSA) is 32.8 Å². The number of hydrogen-bond acceptors (Lipinski definition) is 5. The molecule has 0 aliphatic carbocycles. The fraction of sp³-hybridized carbons (Fsp3) is 0.381. The number of rotatable bonds is 8. The van der Waals surface area contributed by atoms with E-state index < -0.39 is 0 Å². The number of para-hydroxylation sites is 1. The average Bonchev–Trinajstić information content (AvgIpc) is 2.72. The van der Waals surface area contributed by atoms with Gasteiger partial charge in [-0.05, 0) is 49.1 Å². The van der Waals surface area contributed by atoms with E-state index in [0.717, 1.165) is 45.4 Å². The molecule has 2 aromatic rings. The van der Waals surface area contributed by atoms with Crippen LogP contribution in [-0.2, 0) is 0 Å². The second-order valence-electron chi connectivity index (χ2n) is 6.38. The van der Waals surface area contributed by atoms with Crippen molar-refractivity contribution >= 4 is 23.7 Å². The number of ether oxygens (including phenoxy) is 1. The lowest BCUT2D eigenvalue weighted by atomic mass is 10.2. The molecule has 1 aliphatic rings. The Labute approximate surface area is 160 Å². The molecule has 0 radical (unpaired) electrons. The van der Waals surface area contributed by atoms with E-state index in [4.69, 9.17) is 4.74 Å². The predicted molar refractivity (Wildman–Crippen MR) is 109 cm³/mol. The van der Waals surface area contributed by atoms with E-state index in [0.29, 0.717) is 17.9 Å². The molecule has 0 saturated carbocycles. The van der Waals surface area contributed by atoms with Crippen LogP contribution in [0.25, 0.3) is 0 Å². The first kappa shape index (κ1) is 18.8. The molecule has 0 spiro atoms. The summed E-state index contributed by atoms with van der Waals surface area (Å²) in [5, 5.41) is 0. The van der Waals surface area contributed by atoms with Crippen molar-refractivity contribution in [3.63, 3.8) is 0 Å². The SMILES string of the molecule is CSc1ccc(N2CCN(CCCOc3ccccc3C=O)CC2)cc1. The van der Waals surface area contributed by atoms with Crippen molar-refractivity contribution in [1.82, 2.24) is 4.90 Å². The van der Waals surface area contributed by atoms with E-state index in [1.54, 1.807) is 17.8 Å². The minimum Gasteiger partial charge on any atom is -0.493 e. The van der Waals surface area contributed by atoms with Crippen LogP contribution in [0.1, 0.15) is 16.8 Å². The van der Waals surface area contributed by atoms with Crippen molar-refractivity contribution in [2.24, 2.45) is 0 Å². The van der Waals surface area contributed by atoms with E-state index >= 15 is 0 Å². The van der Waals surface area contributed by atoms with Gasteiger partial charge in [0.1, 0.15) is 5.75 Å². The quantitative estimate of drug-likeness (QED) is 0.401. The number of carbonyl (C=O) groups excluding carboxylic acids is 1. The molecule has 4 nitrogen and oxygen atoms in total. The van der Waals surface area contributed by atoms with Crippen molar-refractivity contribution < 1.29 is 9.53 Å². The Balaban J connectivity index is 1.38. The normalized spacial score (nSPS) is 15.0. The average molecular weight is 371 g/mol. The maximum Gasteiger partial charge on any atom is 0.153 e. The number of aldehydes is 1. The minimum atomic E-state index is 0.619. The van der Waals surface area contributed by atoms with Crippen molar-refractivity contribution in [2.45, 2.75) is 11.3 Å². The molecule has 0 unspecified atom stereocenters. The van der Waals surface area contributed by atoms with Crippen molar-refractivity contribution in [1.29, 1.82) is 0 Å². The highest BCUT2D eigenvalue weighted by Gasteiger charge is 2.16. The van der Waals surface area contributed by atoms with E-state index in [1.165, 1.54) is 10.6 Å². The lowest BCUT2D eigenvalue weighted by molar-refractivity contribution is 0.111. The van der Waals surface area contributed by atoms with E-state index in [9.17, 15) is 4.79 Å². The summed E-state index contributed by atoms with van der Waals surface area (Å²) in [6.07, 6.45) is 3.92. The summed E-state index contributed by atoms with van der Waals surface area (Å²) in [6.45, 7) is 5.95. The maximum atomic E-state index is 11.0. The minimum absolute atomic E-state index is 0.619. The second-order valence-corrected chi connectivity index (χ2v) is 7.26. The van der Waals surface area contributed by atoms with E-state index in [2.05, 4.69) is 40.3 Å². The Kier molecular flexibility index (Phi) is 6.97. The molecule has 1 saturated heterocycles. The molecular weight excluding hydrogens is 344 g/mol. The van der Waals surface area contributed by atoms with Crippen LogP contribution in [0.4, 0.5) is 5.69 Å². The van der Waals surface area contributed by atoms with Crippen LogP contribution in [0, 0.1) is 0 Å². The van der Waals surface area contributed by atoms with Crippen LogP contribution in [0.5, 0.6) is 5.75 Å². The number of piperazine rings is 1. The summed E-state index contributed by atoms with van der Waals surface area (Å²) in [5.41, 5.74) is 1.94. The van der Waals surface area contributed by atoms with Gasteiger partial charge < -0.3 is 9.64 Å². The van der Waals surface area contributed by atoms with E-state index in [-0.39, 0.29) is 0 Å². The number of hydrogen-bond donors (Lipinski definition) is 0. The van der Waals surface area contributed by atoms with Gasteiger partial charge in [-0.3, -0.25) is 9.69 Å². The van der Waals surface area contributed by atoms with Gasteiger partial charge >= 0.3 is 0 Å². The molecule has 1 heterocycles. The van der Waals surface area contributed by atoms with Gasteiger partial charge in [-0.2, -0.15) is 0 Å². The highest BCUT2D eigenvalue weighted by molar-refractivity contribution is 7.98. The molecule has 0 atom stereocenters. The zero-order chi connectivity index (χ0) is 18.2. The number of nitrogens with zero attached hydrogens (tertiary/aromatic N) is 2. The molecule has 0 N–H and O–H groups in total. The summed E-state index contributed by atoms with van der Waals surface area (Å²) >= 11 is 1.78. The zero-order valence-corrected chi connectivity index (χ0v) is 16.1. The smallest absolute Gasteiger partial charge is 0.153 e. The number of carbonyl (C=O) groups is 1. The maximum absolute atomic E-state index is 11.0. The Bertz CT molecular complexity index is 697. The summed E-state index contributed by atoms with van der Waals surface area (Å²) in [5.74, 6) is 0.681. The predicted octanol–water partition coefficient (Wildman–Crippen LogP) is 3.81. The molecule has 2 aromatic carbocycles. The highest BCUT2D eigenvalue weighted by atomic mass is 32.2. The summed E-state index contributed by atoms with van der Waals surface area (Å²) in [7, 11) is 0. The Hall–Kier alpha value is -1.98.